The zero-order valence-corrected chi connectivity index (χ0v) is 17.4. The SMILES string of the molecule is COc1cccc(OC)c1CNC(=Nc1nc(CN(C)C)cs1)NOC(C)=O. The molecule has 0 fully saturated rings. The standard InChI is InChI=1S/C18H25N5O4S/c1-12(24)27-22-17(21-18-20-13(11-28-18)10-23(2)3)19-9-14-15(25-4)7-6-8-16(14)26-5/h6-8,11H,9-10H2,1-5H3,(H2,19,20,21,22). The summed E-state index contributed by atoms with van der Waals surface area (Å²) in [5.41, 5.74) is 4.24. The van der Waals surface area contributed by atoms with Gasteiger partial charge in [0.15, 0.2) is 0 Å². The molecule has 0 aliphatic carbocycles. The van der Waals surface area contributed by atoms with Crippen LogP contribution in [-0.2, 0) is 22.7 Å². The molecule has 1 aromatic carbocycles. The molecule has 2 rings (SSSR count). The number of ether oxygens (including phenoxy) is 2. The van der Waals surface area contributed by atoms with Crippen molar-refractivity contribution in [3.05, 3.63) is 34.8 Å². The van der Waals surface area contributed by atoms with Gasteiger partial charge in [0.25, 0.3) is 0 Å². The van der Waals surface area contributed by atoms with E-state index in [0.29, 0.717) is 29.7 Å². The van der Waals surface area contributed by atoms with E-state index in [1.54, 1.807) is 14.2 Å². The van der Waals surface area contributed by atoms with Gasteiger partial charge in [-0.1, -0.05) is 6.07 Å². The highest BCUT2D eigenvalue weighted by atomic mass is 32.1. The quantitative estimate of drug-likeness (QED) is 0.409. The van der Waals surface area contributed by atoms with Crippen molar-refractivity contribution in [3.8, 4) is 11.5 Å². The summed E-state index contributed by atoms with van der Waals surface area (Å²) >= 11 is 1.40. The summed E-state index contributed by atoms with van der Waals surface area (Å²) in [7, 11) is 7.12. The van der Waals surface area contributed by atoms with Gasteiger partial charge in [-0.3, -0.25) is 4.79 Å². The van der Waals surface area contributed by atoms with Crippen molar-refractivity contribution in [2.45, 2.75) is 20.0 Å². The van der Waals surface area contributed by atoms with Crippen LogP contribution in [0.4, 0.5) is 5.13 Å². The van der Waals surface area contributed by atoms with Crippen LogP contribution in [0.2, 0.25) is 0 Å². The monoisotopic (exact) mass is 407 g/mol. The number of benzene rings is 1. The van der Waals surface area contributed by atoms with Gasteiger partial charge < -0.3 is 24.5 Å². The zero-order chi connectivity index (χ0) is 20.5. The van der Waals surface area contributed by atoms with Crippen molar-refractivity contribution in [2.75, 3.05) is 28.3 Å². The average Bonchev–Trinajstić information content (AvgIpc) is 3.09. The molecule has 10 heteroatoms. The van der Waals surface area contributed by atoms with Gasteiger partial charge in [-0.15, -0.1) is 11.3 Å². The maximum Gasteiger partial charge on any atom is 0.329 e. The number of aliphatic imine (C=N–C) groups is 1. The predicted octanol–water partition coefficient (Wildman–Crippen LogP) is 2.07. The zero-order valence-electron chi connectivity index (χ0n) is 16.6. The summed E-state index contributed by atoms with van der Waals surface area (Å²) in [4.78, 5) is 26.9. The Bertz CT molecular complexity index is 800. The second kappa shape index (κ2) is 10.5. The topological polar surface area (TPSA) is 97.3 Å². The molecule has 0 saturated heterocycles. The first kappa shape index (κ1) is 21.5. The van der Waals surface area contributed by atoms with Crippen molar-refractivity contribution in [3.63, 3.8) is 0 Å². The summed E-state index contributed by atoms with van der Waals surface area (Å²) in [6, 6.07) is 5.52. The van der Waals surface area contributed by atoms with Crippen molar-refractivity contribution >= 4 is 28.4 Å². The molecule has 152 valence electrons. The largest absolute Gasteiger partial charge is 0.496 e. The molecular formula is C18H25N5O4S. The van der Waals surface area contributed by atoms with Crippen LogP contribution in [-0.4, -0.2) is 50.1 Å². The second-order valence-corrected chi connectivity index (χ2v) is 6.85. The highest BCUT2D eigenvalue weighted by molar-refractivity contribution is 7.13. The Morgan fingerprint density at radius 1 is 1.25 bits per heavy atom. The minimum atomic E-state index is -0.489. The van der Waals surface area contributed by atoms with Crippen molar-refractivity contribution in [1.29, 1.82) is 0 Å². The van der Waals surface area contributed by atoms with Crippen LogP contribution in [0.15, 0.2) is 28.6 Å². The Morgan fingerprint density at radius 2 is 1.93 bits per heavy atom. The first-order valence-electron chi connectivity index (χ1n) is 8.48. The number of hydrogen-bond acceptors (Lipinski definition) is 8. The normalized spacial score (nSPS) is 11.3. The lowest BCUT2D eigenvalue weighted by molar-refractivity contribution is -0.145. The molecule has 0 atom stereocenters. The minimum absolute atomic E-state index is 0.244. The molecule has 0 bridgehead atoms. The second-order valence-electron chi connectivity index (χ2n) is 6.01. The summed E-state index contributed by atoms with van der Waals surface area (Å²) in [6.45, 7) is 2.34. The van der Waals surface area contributed by atoms with Crippen molar-refractivity contribution in [2.24, 2.45) is 4.99 Å². The lowest BCUT2D eigenvalue weighted by Crippen LogP contribution is -2.37. The van der Waals surface area contributed by atoms with Gasteiger partial charge in [0.1, 0.15) is 11.5 Å². The average molecular weight is 407 g/mol. The molecule has 9 nitrogen and oxygen atoms in total. The number of hydrogen-bond donors (Lipinski definition) is 2. The smallest absolute Gasteiger partial charge is 0.329 e. The Labute approximate surface area is 168 Å². The number of nitrogens with one attached hydrogen (secondary N) is 2. The minimum Gasteiger partial charge on any atom is -0.496 e. The van der Waals surface area contributed by atoms with Crippen LogP contribution in [0.1, 0.15) is 18.2 Å². The first-order valence-corrected chi connectivity index (χ1v) is 9.36. The van der Waals surface area contributed by atoms with E-state index in [0.717, 1.165) is 11.3 Å². The van der Waals surface area contributed by atoms with Gasteiger partial charge in [-0.25, -0.2) is 4.98 Å². The summed E-state index contributed by atoms with van der Waals surface area (Å²) < 4.78 is 10.8. The number of nitrogens with zero attached hydrogens (tertiary/aromatic N) is 3. The van der Waals surface area contributed by atoms with Gasteiger partial charge in [0, 0.05) is 18.8 Å². The molecule has 2 N–H and O–H groups in total. The number of guanidine groups is 1. The number of carbonyl (C=O) groups excluding carboxylic acids is 1. The third-order valence-electron chi connectivity index (χ3n) is 3.48. The van der Waals surface area contributed by atoms with Crippen LogP contribution < -0.4 is 20.3 Å². The third kappa shape index (κ3) is 6.39. The Morgan fingerprint density at radius 3 is 2.50 bits per heavy atom. The van der Waals surface area contributed by atoms with Gasteiger partial charge >= 0.3 is 5.97 Å². The van der Waals surface area contributed by atoms with Gasteiger partial charge in [-0.2, -0.15) is 10.5 Å². The molecule has 28 heavy (non-hydrogen) atoms. The van der Waals surface area contributed by atoms with Crippen LogP contribution in [0.5, 0.6) is 11.5 Å². The number of aromatic nitrogens is 1. The van der Waals surface area contributed by atoms with Gasteiger partial charge in [0.2, 0.25) is 11.1 Å². The Balaban J connectivity index is 2.20. The Hall–Kier alpha value is -2.85. The van der Waals surface area contributed by atoms with E-state index < -0.39 is 5.97 Å². The van der Waals surface area contributed by atoms with Crippen LogP contribution in [0.3, 0.4) is 0 Å². The molecule has 2 aromatic rings. The summed E-state index contributed by atoms with van der Waals surface area (Å²) in [5.74, 6) is 1.09. The molecule has 0 aliphatic rings. The fourth-order valence-electron chi connectivity index (χ4n) is 2.33. The van der Waals surface area contributed by atoms with Crippen molar-refractivity contribution in [1.82, 2.24) is 20.7 Å². The molecule has 1 aromatic heterocycles. The predicted molar refractivity (Wildman–Crippen MR) is 108 cm³/mol. The van der Waals surface area contributed by atoms with E-state index in [9.17, 15) is 4.79 Å². The molecule has 0 amide bonds. The molecule has 0 unspecified atom stereocenters. The third-order valence-corrected chi connectivity index (χ3v) is 4.26. The lowest BCUT2D eigenvalue weighted by Gasteiger charge is -2.15. The molecule has 0 saturated carbocycles. The first-order chi connectivity index (χ1) is 13.4. The molecule has 1 heterocycles. The van der Waals surface area contributed by atoms with Gasteiger partial charge in [0.05, 0.1) is 32.0 Å². The molecule has 0 aliphatic heterocycles. The van der Waals surface area contributed by atoms with E-state index in [-0.39, 0.29) is 5.96 Å². The van der Waals surface area contributed by atoms with E-state index in [1.807, 2.05) is 42.6 Å². The van der Waals surface area contributed by atoms with Crippen LogP contribution in [0.25, 0.3) is 0 Å². The molecule has 0 radical (unpaired) electrons. The molecule has 0 spiro atoms. The van der Waals surface area contributed by atoms with Gasteiger partial charge in [-0.05, 0) is 26.2 Å². The fraction of sp³-hybridized carbons (Fsp3) is 0.389. The van der Waals surface area contributed by atoms with E-state index in [1.165, 1.54) is 18.3 Å². The highest BCUT2D eigenvalue weighted by Crippen LogP contribution is 2.28. The number of rotatable bonds is 7. The Kier molecular flexibility index (Phi) is 8.02. The van der Waals surface area contributed by atoms with E-state index in [2.05, 4.69) is 20.8 Å². The van der Waals surface area contributed by atoms with E-state index in [4.69, 9.17) is 14.3 Å². The summed E-state index contributed by atoms with van der Waals surface area (Å²) in [6.07, 6.45) is 0. The number of thiazole rings is 1. The van der Waals surface area contributed by atoms with Crippen molar-refractivity contribution < 1.29 is 19.1 Å². The number of methoxy groups -OCH3 is 2. The summed E-state index contributed by atoms with van der Waals surface area (Å²) in [5, 5.41) is 5.57. The number of carbonyl (C=O) groups is 1. The van der Waals surface area contributed by atoms with Crippen LogP contribution in [0, 0.1) is 0 Å². The van der Waals surface area contributed by atoms with E-state index >= 15 is 0 Å². The lowest BCUT2D eigenvalue weighted by atomic mass is 10.1. The fourth-order valence-corrected chi connectivity index (χ4v) is 3.02. The van der Waals surface area contributed by atoms with Crippen LogP contribution >= 0.6 is 11.3 Å². The number of hydroxylamine groups is 1. The maximum atomic E-state index is 11.2. The maximum absolute atomic E-state index is 11.2. The molecular weight excluding hydrogens is 382 g/mol. The highest BCUT2D eigenvalue weighted by Gasteiger charge is 2.12.